The van der Waals surface area contributed by atoms with Crippen LogP contribution in [0, 0.1) is 0 Å². The molecule has 0 saturated carbocycles. The third-order valence-electron chi connectivity index (χ3n) is 5.50. The number of hydrogen-bond donors (Lipinski definition) is 0. The fourth-order valence-corrected chi connectivity index (χ4v) is 3.84. The van der Waals surface area contributed by atoms with Gasteiger partial charge >= 0.3 is 5.69 Å². The van der Waals surface area contributed by atoms with Gasteiger partial charge in [0, 0.05) is 33.3 Å². The van der Waals surface area contributed by atoms with Crippen molar-refractivity contribution in [3.05, 3.63) is 98.2 Å². The summed E-state index contributed by atoms with van der Waals surface area (Å²) in [5.41, 5.74) is 0.658. The predicted octanol–water partition coefficient (Wildman–Crippen LogP) is 1.97. The molecule has 0 N–H and O–H groups in total. The van der Waals surface area contributed by atoms with Crippen LogP contribution in [0.5, 0.6) is 0 Å². The first-order chi connectivity index (χ1) is 16.4. The number of nitrogens with zero attached hydrogens (tertiary/aromatic N) is 5. The molecule has 0 atom stereocenters. The lowest BCUT2D eigenvalue weighted by Crippen LogP contribution is -2.40. The molecular weight excluding hydrogens is 434 g/mol. The number of hydrogen-bond acceptors (Lipinski definition) is 5. The van der Waals surface area contributed by atoms with E-state index in [2.05, 4.69) is 4.99 Å². The summed E-state index contributed by atoms with van der Waals surface area (Å²) in [6.45, 7) is 0.424. The Morgan fingerprint density at radius 3 is 2.06 bits per heavy atom. The van der Waals surface area contributed by atoms with Gasteiger partial charge in [0.1, 0.15) is 5.82 Å². The average Bonchev–Trinajstić information content (AvgIpc) is 3.07. The van der Waals surface area contributed by atoms with E-state index in [0.717, 1.165) is 15.0 Å². The van der Waals surface area contributed by atoms with Crippen molar-refractivity contribution < 1.29 is 9.59 Å². The average molecular weight is 460 g/mol. The minimum absolute atomic E-state index is 0.0670. The van der Waals surface area contributed by atoms with Crippen molar-refractivity contribution in [3.63, 3.8) is 0 Å². The van der Waals surface area contributed by atoms with Crippen LogP contribution in [0.1, 0.15) is 32.7 Å². The molecule has 0 fully saturated rings. The lowest BCUT2D eigenvalue weighted by atomic mass is 10.1. The number of rotatable bonds is 8. The Hall–Kier alpha value is -4.27. The van der Waals surface area contributed by atoms with E-state index in [4.69, 9.17) is 0 Å². The molecule has 174 valence electrons. The fraction of sp³-hybridized carbons (Fsp3) is 0.240. The van der Waals surface area contributed by atoms with Crippen LogP contribution in [0.25, 0.3) is 0 Å². The maximum absolute atomic E-state index is 13.3. The van der Waals surface area contributed by atoms with Gasteiger partial charge in [-0.05, 0) is 24.1 Å². The van der Waals surface area contributed by atoms with E-state index in [9.17, 15) is 19.2 Å². The first-order valence-corrected chi connectivity index (χ1v) is 10.9. The zero-order chi connectivity index (χ0) is 24.2. The number of aliphatic imine (C=N–C) groups is 1. The largest absolute Gasteiger partial charge is 0.369 e. The summed E-state index contributed by atoms with van der Waals surface area (Å²) < 4.78 is 2.56. The lowest BCUT2D eigenvalue weighted by molar-refractivity contribution is 0.0650. The molecule has 0 saturated heterocycles. The Labute approximate surface area is 196 Å². The lowest BCUT2D eigenvalue weighted by Gasteiger charge is -2.16. The second-order valence-corrected chi connectivity index (χ2v) is 8.22. The van der Waals surface area contributed by atoms with Crippen molar-refractivity contribution in [2.45, 2.75) is 19.5 Å². The third-order valence-corrected chi connectivity index (χ3v) is 5.50. The zero-order valence-electron chi connectivity index (χ0n) is 19.0. The highest BCUT2D eigenvalue weighted by molar-refractivity contribution is 6.21. The van der Waals surface area contributed by atoms with Gasteiger partial charge < -0.3 is 4.90 Å². The number of imide groups is 1. The van der Waals surface area contributed by atoms with E-state index in [-0.39, 0.29) is 43.7 Å². The van der Waals surface area contributed by atoms with Crippen LogP contribution in [-0.4, -0.2) is 57.7 Å². The number of fused-ring (bicyclic) bond motifs is 1. The monoisotopic (exact) mass is 459 g/mol. The standard InChI is InChI=1S/C25H25N5O4/c1-27(2)17-26-21-15-22(31)28(25(34)30(21)16-18-9-4-3-5-10-18)13-8-14-29-23(32)19-11-6-7-12-20(19)24(29)33/h3-7,9-12,15,17H,8,13-14,16H2,1-2H3/b26-17-. The van der Waals surface area contributed by atoms with Gasteiger partial charge in [-0.3, -0.25) is 28.4 Å². The second kappa shape index (κ2) is 9.70. The number of carbonyl (C=O) groups excluding carboxylic acids is 2. The van der Waals surface area contributed by atoms with Crippen molar-refractivity contribution >= 4 is 24.0 Å². The molecule has 0 unspecified atom stereocenters. The maximum atomic E-state index is 13.3. The minimum atomic E-state index is -0.496. The van der Waals surface area contributed by atoms with Gasteiger partial charge in [0.15, 0.2) is 0 Å². The molecule has 2 amide bonds. The molecule has 1 aliphatic rings. The zero-order valence-corrected chi connectivity index (χ0v) is 19.0. The number of benzene rings is 2. The number of carbonyl (C=O) groups is 2. The topological polar surface area (TPSA) is 97.0 Å². The third kappa shape index (κ3) is 4.59. The van der Waals surface area contributed by atoms with E-state index in [1.807, 2.05) is 30.3 Å². The van der Waals surface area contributed by atoms with Crippen LogP contribution in [0.2, 0.25) is 0 Å². The maximum Gasteiger partial charge on any atom is 0.332 e. The summed E-state index contributed by atoms with van der Waals surface area (Å²) in [6, 6.07) is 17.4. The Balaban J connectivity index is 1.58. The molecule has 0 spiro atoms. The van der Waals surface area contributed by atoms with E-state index >= 15 is 0 Å². The van der Waals surface area contributed by atoms with E-state index in [1.54, 1.807) is 43.3 Å². The van der Waals surface area contributed by atoms with Crippen LogP contribution in [-0.2, 0) is 13.1 Å². The van der Waals surface area contributed by atoms with Crippen LogP contribution in [0.15, 0.2) is 75.2 Å². The molecule has 2 heterocycles. The summed E-state index contributed by atoms with van der Waals surface area (Å²) >= 11 is 0. The summed E-state index contributed by atoms with van der Waals surface area (Å²) in [5.74, 6) is -0.463. The SMILES string of the molecule is CN(C)/C=N\c1cc(=O)n(CCCN2C(=O)c3ccccc3C2=O)c(=O)n1Cc1ccccc1. The highest BCUT2D eigenvalue weighted by Crippen LogP contribution is 2.22. The van der Waals surface area contributed by atoms with Gasteiger partial charge in [-0.2, -0.15) is 0 Å². The van der Waals surface area contributed by atoms with Gasteiger partial charge in [0.05, 0.1) is 24.0 Å². The summed E-state index contributed by atoms with van der Waals surface area (Å²) in [5, 5.41) is 0. The molecule has 34 heavy (non-hydrogen) atoms. The van der Waals surface area contributed by atoms with E-state index < -0.39 is 11.2 Å². The summed E-state index contributed by atoms with van der Waals surface area (Å²) in [6.07, 6.45) is 1.80. The van der Waals surface area contributed by atoms with Gasteiger partial charge in [-0.25, -0.2) is 9.79 Å². The van der Waals surface area contributed by atoms with Crippen molar-refractivity contribution in [2.75, 3.05) is 20.6 Å². The normalized spacial score (nSPS) is 13.1. The second-order valence-electron chi connectivity index (χ2n) is 8.22. The first kappa shape index (κ1) is 22.9. The van der Waals surface area contributed by atoms with Gasteiger partial charge in [-0.15, -0.1) is 0 Å². The highest BCUT2D eigenvalue weighted by atomic mass is 16.2. The fourth-order valence-electron chi connectivity index (χ4n) is 3.84. The van der Waals surface area contributed by atoms with E-state index in [1.165, 1.54) is 17.0 Å². The van der Waals surface area contributed by atoms with Crippen molar-refractivity contribution in [2.24, 2.45) is 4.99 Å². The first-order valence-electron chi connectivity index (χ1n) is 10.9. The summed E-state index contributed by atoms with van der Waals surface area (Å²) in [4.78, 5) is 58.3. The molecule has 0 radical (unpaired) electrons. The quantitative estimate of drug-likeness (QED) is 0.292. The Morgan fingerprint density at radius 1 is 0.824 bits per heavy atom. The van der Waals surface area contributed by atoms with Crippen LogP contribution in [0.4, 0.5) is 5.82 Å². The van der Waals surface area contributed by atoms with Crippen LogP contribution >= 0.6 is 0 Å². The molecule has 0 aliphatic carbocycles. The Bertz CT molecular complexity index is 1340. The Morgan fingerprint density at radius 2 is 1.44 bits per heavy atom. The van der Waals surface area contributed by atoms with Crippen molar-refractivity contribution in [1.29, 1.82) is 0 Å². The Kier molecular flexibility index (Phi) is 6.53. The molecule has 3 aromatic rings. The molecule has 9 heteroatoms. The van der Waals surface area contributed by atoms with Gasteiger partial charge in [0.2, 0.25) is 0 Å². The molecule has 9 nitrogen and oxygen atoms in total. The van der Waals surface area contributed by atoms with E-state index in [0.29, 0.717) is 11.1 Å². The van der Waals surface area contributed by atoms with Crippen LogP contribution < -0.4 is 11.2 Å². The molecular formula is C25H25N5O4. The minimum Gasteiger partial charge on any atom is -0.369 e. The van der Waals surface area contributed by atoms with Gasteiger partial charge in [-0.1, -0.05) is 42.5 Å². The molecule has 4 rings (SSSR count). The van der Waals surface area contributed by atoms with Crippen molar-refractivity contribution in [3.8, 4) is 0 Å². The molecule has 2 aromatic carbocycles. The van der Waals surface area contributed by atoms with Gasteiger partial charge in [0.25, 0.3) is 17.4 Å². The number of aromatic nitrogens is 2. The highest BCUT2D eigenvalue weighted by Gasteiger charge is 2.34. The smallest absolute Gasteiger partial charge is 0.332 e. The molecule has 1 aromatic heterocycles. The van der Waals surface area contributed by atoms with Crippen LogP contribution in [0.3, 0.4) is 0 Å². The molecule has 0 bridgehead atoms. The predicted molar refractivity (Wildman–Crippen MR) is 129 cm³/mol. The van der Waals surface area contributed by atoms with Crippen molar-refractivity contribution in [1.82, 2.24) is 18.9 Å². The summed E-state index contributed by atoms with van der Waals surface area (Å²) in [7, 11) is 3.59. The molecule has 1 aliphatic heterocycles. The number of amides is 2.